The monoisotopic (exact) mass is 250 g/mol. The van der Waals surface area contributed by atoms with Crippen molar-refractivity contribution in [2.75, 3.05) is 0 Å². The number of carbonyl (C=O) groups is 1. The first kappa shape index (κ1) is 13.0. The van der Waals surface area contributed by atoms with E-state index < -0.39 is 11.7 Å². The second-order valence-electron chi connectivity index (χ2n) is 3.41. The fourth-order valence-corrected chi connectivity index (χ4v) is 1.53. The maximum Gasteiger partial charge on any atom is 0.416 e. The molecule has 1 rings (SSSR count). The Morgan fingerprint density at radius 2 is 1.94 bits per heavy atom. The van der Waals surface area contributed by atoms with Crippen molar-refractivity contribution in [3.05, 3.63) is 34.3 Å². The third-order valence-corrected chi connectivity index (χ3v) is 2.30. The minimum atomic E-state index is -4.44. The first-order chi connectivity index (χ1) is 7.32. The summed E-state index contributed by atoms with van der Waals surface area (Å²) in [5, 5.41) is -0.00581. The first-order valence-corrected chi connectivity index (χ1v) is 5.09. The molecular formula is C11H10ClF3O. The fourth-order valence-electron chi connectivity index (χ4n) is 1.27. The highest BCUT2D eigenvalue weighted by Gasteiger charge is 2.31. The SMILES string of the molecule is CCC(=O)Cc1cc(Cl)cc(C(F)(F)F)c1. The van der Waals surface area contributed by atoms with Gasteiger partial charge in [-0.15, -0.1) is 0 Å². The summed E-state index contributed by atoms with van der Waals surface area (Å²) in [4.78, 5) is 11.1. The lowest BCUT2D eigenvalue weighted by atomic mass is 10.0. The molecule has 0 spiro atoms. The van der Waals surface area contributed by atoms with Gasteiger partial charge in [0.25, 0.3) is 0 Å². The zero-order valence-electron chi connectivity index (χ0n) is 8.57. The normalized spacial score (nSPS) is 11.6. The van der Waals surface area contributed by atoms with E-state index in [-0.39, 0.29) is 17.2 Å². The van der Waals surface area contributed by atoms with Crippen molar-refractivity contribution in [1.29, 1.82) is 0 Å². The van der Waals surface area contributed by atoms with E-state index in [0.29, 0.717) is 12.0 Å². The van der Waals surface area contributed by atoms with Crippen LogP contribution in [0.5, 0.6) is 0 Å². The van der Waals surface area contributed by atoms with Crippen molar-refractivity contribution in [2.24, 2.45) is 0 Å². The van der Waals surface area contributed by atoms with E-state index in [2.05, 4.69) is 0 Å². The number of ketones is 1. The lowest BCUT2D eigenvalue weighted by Crippen LogP contribution is -2.07. The van der Waals surface area contributed by atoms with Crippen LogP contribution >= 0.6 is 11.6 Å². The minimum absolute atomic E-state index is 0.00581. The Labute approximate surface area is 96.2 Å². The zero-order chi connectivity index (χ0) is 12.3. The number of alkyl halides is 3. The van der Waals surface area contributed by atoms with Gasteiger partial charge in [0.15, 0.2) is 0 Å². The zero-order valence-corrected chi connectivity index (χ0v) is 9.32. The lowest BCUT2D eigenvalue weighted by Gasteiger charge is -2.09. The van der Waals surface area contributed by atoms with E-state index in [4.69, 9.17) is 11.6 Å². The van der Waals surface area contributed by atoms with Crippen LogP contribution in [0.4, 0.5) is 13.2 Å². The molecule has 0 fully saturated rings. The van der Waals surface area contributed by atoms with Gasteiger partial charge in [-0.05, 0) is 23.8 Å². The van der Waals surface area contributed by atoms with E-state index in [1.807, 2.05) is 0 Å². The molecule has 0 bridgehead atoms. The molecule has 0 amide bonds. The van der Waals surface area contributed by atoms with Crippen molar-refractivity contribution in [3.8, 4) is 0 Å². The smallest absolute Gasteiger partial charge is 0.299 e. The van der Waals surface area contributed by atoms with Gasteiger partial charge in [0, 0.05) is 17.9 Å². The summed E-state index contributed by atoms with van der Waals surface area (Å²) in [6, 6.07) is 3.19. The van der Waals surface area contributed by atoms with Gasteiger partial charge in [-0.25, -0.2) is 0 Å². The number of benzene rings is 1. The summed E-state index contributed by atoms with van der Waals surface area (Å²) in [5.41, 5.74) is -0.523. The highest BCUT2D eigenvalue weighted by Crippen LogP contribution is 2.32. The minimum Gasteiger partial charge on any atom is -0.299 e. The Bertz CT molecular complexity index is 399. The molecule has 16 heavy (non-hydrogen) atoms. The quantitative estimate of drug-likeness (QED) is 0.796. The first-order valence-electron chi connectivity index (χ1n) is 4.71. The maximum absolute atomic E-state index is 12.4. The average Bonchev–Trinajstić information content (AvgIpc) is 2.15. The fraction of sp³-hybridized carbons (Fsp3) is 0.364. The second-order valence-corrected chi connectivity index (χ2v) is 3.85. The predicted octanol–water partition coefficient (Wildman–Crippen LogP) is 3.88. The Morgan fingerprint density at radius 1 is 1.31 bits per heavy atom. The molecule has 5 heteroatoms. The van der Waals surface area contributed by atoms with E-state index in [1.54, 1.807) is 6.92 Å². The molecule has 0 atom stereocenters. The molecule has 0 aliphatic heterocycles. The van der Waals surface area contributed by atoms with Crippen molar-refractivity contribution < 1.29 is 18.0 Å². The van der Waals surface area contributed by atoms with E-state index in [0.717, 1.165) is 12.1 Å². The second kappa shape index (κ2) is 4.87. The molecule has 1 aromatic rings. The van der Waals surface area contributed by atoms with Crippen LogP contribution in [0.1, 0.15) is 24.5 Å². The van der Waals surface area contributed by atoms with E-state index >= 15 is 0 Å². The summed E-state index contributed by atoms with van der Waals surface area (Å²) in [6.07, 6.45) is -4.15. The van der Waals surface area contributed by atoms with Crippen LogP contribution in [0.3, 0.4) is 0 Å². The Morgan fingerprint density at radius 3 is 2.44 bits per heavy atom. The molecule has 0 saturated carbocycles. The molecule has 0 radical (unpaired) electrons. The number of rotatable bonds is 3. The molecule has 0 aliphatic carbocycles. The van der Waals surface area contributed by atoms with Crippen molar-refractivity contribution in [3.63, 3.8) is 0 Å². The van der Waals surface area contributed by atoms with E-state index in [1.165, 1.54) is 6.07 Å². The van der Waals surface area contributed by atoms with Gasteiger partial charge >= 0.3 is 6.18 Å². The summed E-state index contributed by atoms with van der Waals surface area (Å²) in [6.45, 7) is 1.66. The number of carbonyl (C=O) groups excluding carboxylic acids is 1. The molecule has 0 aliphatic rings. The summed E-state index contributed by atoms with van der Waals surface area (Å²) in [7, 11) is 0. The Hall–Kier alpha value is -1.03. The van der Waals surface area contributed by atoms with Crippen LogP contribution < -0.4 is 0 Å². The predicted molar refractivity (Wildman–Crippen MR) is 55.5 cm³/mol. The molecule has 1 nitrogen and oxygen atoms in total. The van der Waals surface area contributed by atoms with Gasteiger partial charge in [0.05, 0.1) is 5.56 Å². The molecule has 0 saturated heterocycles. The third-order valence-electron chi connectivity index (χ3n) is 2.08. The van der Waals surface area contributed by atoms with Crippen LogP contribution in [0.15, 0.2) is 18.2 Å². The molecule has 0 unspecified atom stereocenters. The topological polar surface area (TPSA) is 17.1 Å². The number of hydrogen-bond acceptors (Lipinski definition) is 1. The van der Waals surface area contributed by atoms with Crippen molar-refractivity contribution in [1.82, 2.24) is 0 Å². The molecule has 1 aromatic carbocycles. The Balaban J connectivity index is 3.04. The number of Topliss-reactive ketones (excluding diaryl/α,β-unsaturated/α-hetero) is 1. The molecule has 0 heterocycles. The van der Waals surface area contributed by atoms with Crippen LogP contribution in [0.2, 0.25) is 5.02 Å². The van der Waals surface area contributed by atoms with Gasteiger partial charge < -0.3 is 0 Å². The number of halogens is 4. The van der Waals surface area contributed by atoms with Gasteiger partial charge in [0.1, 0.15) is 5.78 Å². The third kappa shape index (κ3) is 3.52. The van der Waals surface area contributed by atoms with Crippen LogP contribution in [0.25, 0.3) is 0 Å². The Kier molecular flexibility index (Phi) is 3.97. The van der Waals surface area contributed by atoms with Gasteiger partial charge in [0.2, 0.25) is 0 Å². The van der Waals surface area contributed by atoms with Gasteiger partial charge in [-0.1, -0.05) is 18.5 Å². The lowest BCUT2D eigenvalue weighted by molar-refractivity contribution is -0.137. The summed E-state index contributed by atoms with van der Waals surface area (Å²) in [5.74, 6) is -0.115. The molecule has 0 N–H and O–H groups in total. The molecule has 88 valence electrons. The maximum atomic E-state index is 12.4. The standard InChI is InChI=1S/C11H10ClF3O/c1-2-10(16)5-7-3-8(11(13,14)15)6-9(12)4-7/h3-4,6H,2,5H2,1H3. The summed E-state index contributed by atoms with van der Waals surface area (Å²) >= 11 is 5.57. The molecular weight excluding hydrogens is 241 g/mol. The van der Waals surface area contributed by atoms with Crippen LogP contribution in [0, 0.1) is 0 Å². The summed E-state index contributed by atoms with van der Waals surface area (Å²) < 4.78 is 37.3. The largest absolute Gasteiger partial charge is 0.416 e. The van der Waals surface area contributed by atoms with Crippen molar-refractivity contribution in [2.45, 2.75) is 25.9 Å². The highest BCUT2D eigenvalue weighted by molar-refractivity contribution is 6.30. The van der Waals surface area contributed by atoms with E-state index in [9.17, 15) is 18.0 Å². The average molecular weight is 251 g/mol. The van der Waals surface area contributed by atoms with Gasteiger partial charge in [-0.2, -0.15) is 13.2 Å². The van der Waals surface area contributed by atoms with Crippen LogP contribution in [-0.4, -0.2) is 5.78 Å². The van der Waals surface area contributed by atoms with Gasteiger partial charge in [-0.3, -0.25) is 4.79 Å². The molecule has 0 aromatic heterocycles. The number of hydrogen-bond donors (Lipinski definition) is 0. The highest BCUT2D eigenvalue weighted by atomic mass is 35.5. The van der Waals surface area contributed by atoms with Crippen LogP contribution in [-0.2, 0) is 17.4 Å². The van der Waals surface area contributed by atoms with Crippen molar-refractivity contribution >= 4 is 17.4 Å².